The lowest BCUT2D eigenvalue weighted by molar-refractivity contribution is 0.102. The van der Waals surface area contributed by atoms with Crippen LogP contribution in [0.2, 0.25) is 0 Å². The van der Waals surface area contributed by atoms with Gasteiger partial charge in [0.25, 0.3) is 5.91 Å². The lowest BCUT2D eigenvalue weighted by Crippen LogP contribution is -2.12. The van der Waals surface area contributed by atoms with Crippen LogP contribution in [-0.2, 0) is 12.8 Å². The number of hydrogen-bond acceptors (Lipinski definition) is 5. The highest BCUT2D eigenvalue weighted by atomic mass is 32.1. The average Bonchev–Trinajstić information content (AvgIpc) is 3.10. The third kappa shape index (κ3) is 1.87. The summed E-state index contributed by atoms with van der Waals surface area (Å²) in [4.78, 5) is 26.2. The van der Waals surface area contributed by atoms with Crippen molar-refractivity contribution in [1.29, 1.82) is 0 Å². The van der Waals surface area contributed by atoms with Gasteiger partial charge in [0.15, 0.2) is 5.13 Å². The maximum Gasteiger partial charge on any atom is 0.277 e. The van der Waals surface area contributed by atoms with Gasteiger partial charge in [-0.3, -0.25) is 14.5 Å². The van der Waals surface area contributed by atoms with E-state index >= 15 is 0 Å². The van der Waals surface area contributed by atoms with E-state index < -0.39 is 0 Å². The molecule has 4 rings (SSSR count). The van der Waals surface area contributed by atoms with Crippen LogP contribution in [0.4, 0.5) is 5.13 Å². The molecule has 0 aliphatic heterocycles. The first-order valence-corrected chi connectivity index (χ1v) is 7.21. The van der Waals surface area contributed by atoms with E-state index in [-0.39, 0.29) is 5.91 Å². The lowest BCUT2D eigenvalue weighted by Gasteiger charge is -1.97. The zero-order chi connectivity index (χ0) is 13.5. The van der Waals surface area contributed by atoms with E-state index in [1.165, 1.54) is 11.3 Å². The minimum Gasteiger partial charge on any atom is -0.296 e. The van der Waals surface area contributed by atoms with Gasteiger partial charge >= 0.3 is 0 Å². The highest BCUT2D eigenvalue weighted by molar-refractivity contribution is 7.15. The lowest BCUT2D eigenvalue weighted by atomic mass is 10.4. The van der Waals surface area contributed by atoms with Gasteiger partial charge in [-0.15, -0.1) is 11.3 Å². The van der Waals surface area contributed by atoms with Crippen molar-refractivity contribution in [3.8, 4) is 0 Å². The van der Waals surface area contributed by atoms with Gasteiger partial charge in [0.05, 0.1) is 5.69 Å². The van der Waals surface area contributed by atoms with Gasteiger partial charge in [0.2, 0.25) is 5.78 Å². The summed E-state index contributed by atoms with van der Waals surface area (Å²) in [5.41, 5.74) is 1.47. The van der Waals surface area contributed by atoms with Gasteiger partial charge in [-0.25, -0.2) is 15.0 Å². The van der Waals surface area contributed by atoms with Crippen molar-refractivity contribution < 1.29 is 4.79 Å². The first-order chi connectivity index (χ1) is 9.79. The van der Waals surface area contributed by atoms with Gasteiger partial charge in [0, 0.05) is 23.5 Å². The van der Waals surface area contributed by atoms with Crippen LogP contribution in [-0.4, -0.2) is 25.3 Å². The Morgan fingerprint density at radius 2 is 2.30 bits per heavy atom. The van der Waals surface area contributed by atoms with E-state index in [1.807, 2.05) is 6.20 Å². The minimum absolute atomic E-state index is 0.247. The number of fused-ring (bicyclic) bond motifs is 2. The maximum atomic E-state index is 12.2. The Morgan fingerprint density at radius 1 is 1.35 bits per heavy atom. The summed E-state index contributed by atoms with van der Waals surface area (Å²) < 4.78 is 1.72. The number of carbonyl (C=O) groups is 1. The smallest absolute Gasteiger partial charge is 0.277 e. The van der Waals surface area contributed by atoms with E-state index in [1.54, 1.807) is 34.2 Å². The topological polar surface area (TPSA) is 72.2 Å². The van der Waals surface area contributed by atoms with Gasteiger partial charge in [-0.05, 0) is 25.3 Å². The zero-order valence-electron chi connectivity index (χ0n) is 10.5. The number of nitrogens with zero attached hydrogens (tertiary/aromatic N) is 4. The van der Waals surface area contributed by atoms with Crippen molar-refractivity contribution in [2.24, 2.45) is 0 Å². The molecule has 0 aromatic carbocycles. The van der Waals surface area contributed by atoms with Crippen LogP contribution in [0.25, 0.3) is 5.78 Å². The second kappa shape index (κ2) is 4.38. The minimum atomic E-state index is -0.247. The molecule has 0 spiro atoms. The second-order valence-corrected chi connectivity index (χ2v) is 5.73. The van der Waals surface area contributed by atoms with Gasteiger partial charge in [-0.2, -0.15) is 0 Å². The van der Waals surface area contributed by atoms with Gasteiger partial charge in [-0.1, -0.05) is 0 Å². The number of hydrogen-bond donors (Lipinski definition) is 1. The molecule has 0 saturated carbocycles. The number of anilines is 1. The molecule has 6 nitrogen and oxygen atoms in total. The summed E-state index contributed by atoms with van der Waals surface area (Å²) in [7, 11) is 0. The Hall–Kier alpha value is -2.28. The van der Waals surface area contributed by atoms with Crippen LogP contribution in [0.3, 0.4) is 0 Å². The summed E-state index contributed by atoms with van der Waals surface area (Å²) in [5, 5.41) is 3.47. The van der Waals surface area contributed by atoms with E-state index in [4.69, 9.17) is 0 Å². The molecule has 100 valence electrons. The van der Waals surface area contributed by atoms with Crippen molar-refractivity contribution >= 4 is 28.2 Å². The molecule has 0 bridgehead atoms. The van der Waals surface area contributed by atoms with E-state index in [9.17, 15) is 4.79 Å². The number of aryl methyl sites for hydroxylation is 2. The number of carbonyl (C=O) groups excluding carboxylic acids is 1. The maximum absolute atomic E-state index is 12.2. The summed E-state index contributed by atoms with van der Waals surface area (Å²) in [6.45, 7) is 0. The number of amides is 1. The molecular weight excluding hydrogens is 274 g/mol. The average molecular weight is 285 g/mol. The number of aromatic nitrogens is 4. The van der Waals surface area contributed by atoms with E-state index in [0.29, 0.717) is 16.6 Å². The Balaban J connectivity index is 1.60. The molecule has 3 aromatic rings. The van der Waals surface area contributed by atoms with Crippen molar-refractivity contribution in [1.82, 2.24) is 19.4 Å². The molecule has 3 aromatic heterocycles. The summed E-state index contributed by atoms with van der Waals surface area (Å²) in [6, 6.07) is 1.79. The Labute approximate surface area is 118 Å². The van der Waals surface area contributed by atoms with Crippen LogP contribution in [0.1, 0.15) is 27.5 Å². The SMILES string of the molecule is O=C(Nc1nc2c(s1)CCC2)c1cn2cccnc2n1. The summed E-state index contributed by atoms with van der Waals surface area (Å²) in [6.07, 6.45) is 8.38. The Bertz CT molecular complexity index is 752. The van der Waals surface area contributed by atoms with Crippen molar-refractivity contribution in [3.63, 3.8) is 0 Å². The molecule has 0 fully saturated rings. The van der Waals surface area contributed by atoms with Crippen molar-refractivity contribution in [2.45, 2.75) is 19.3 Å². The molecule has 1 aliphatic rings. The molecule has 1 aliphatic carbocycles. The predicted octanol–water partition coefficient (Wildman–Crippen LogP) is 1.93. The highest BCUT2D eigenvalue weighted by Crippen LogP contribution is 2.30. The van der Waals surface area contributed by atoms with Crippen molar-refractivity contribution in [3.05, 3.63) is 40.9 Å². The Kier molecular flexibility index (Phi) is 2.53. The zero-order valence-corrected chi connectivity index (χ0v) is 11.4. The number of nitrogens with one attached hydrogen (secondary N) is 1. The molecule has 0 atom stereocenters. The van der Waals surface area contributed by atoms with Gasteiger partial charge < -0.3 is 0 Å². The fraction of sp³-hybridized carbons (Fsp3) is 0.231. The van der Waals surface area contributed by atoms with E-state index in [2.05, 4.69) is 20.3 Å². The first kappa shape index (κ1) is 11.5. The number of imidazole rings is 1. The molecule has 0 radical (unpaired) electrons. The molecule has 0 unspecified atom stereocenters. The number of thiazole rings is 1. The van der Waals surface area contributed by atoms with Gasteiger partial charge in [0.1, 0.15) is 5.69 Å². The number of rotatable bonds is 2. The Morgan fingerprint density at radius 3 is 3.15 bits per heavy atom. The molecule has 20 heavy (non-hydrogen) atoms. The second-order valence-electron chi connectivity index (χ2n) is 4.65. The van der Waals surface area contributed by atoms with Crippen LogP contribution in [0.5, 0.6) is 0 Å². The van der Waals surface area contributed by atoms with Crippen LogP contribution >= 0.6 is 11.3 Å². The normalized spacial score (nSPS) is 13.6. The molecule has 3 heterocycles. The van der Waals surface area contributed by atoms with Crippen LogP contribution in [0, 0.1) is 0 Å². The summed E-state index contributed by atoms with van der Waals surface area (Å²) >= 11 is 1.56. The fourth-order valence-electron chi connectivity index (χ4n) is 2.34. The quantitative estimate of drug-likeness (QED) is 0.781. The van der Waals surface area contributed by atoms with Crippen LogP contribution < -0.4 is 5.32 Å². The third-order valence-electron chi connectivity index (χ3n) is 3.28. The fourth-order valence-corrected chi connectivity index (χ4v) is 3.39. The summed E-state index contributed by atoms with van der Waals surface area (Å²) in [5.74, 6) is 0.266. The molecule has 0 saturated heterocycles. The standard InChI is InChI=1S/C13H11N5OS/c19-11(9-7-18-6-2-5-14-12(18)15-9)17-13-16-8-3-1-4-10(8)20-13/h2,5-7H,1,3-4H2,(H,16,17,19). The predicted molar refractivity (Wildman–Crippen MR) is 75.1 cm³/mol. The van der Waals surface area contributed by atoms with Crippen LogP contribution in [0.15, 0.2) is 24.7 Å². The molecule has 1 amide bonds. The monoisotopic (exact) mass is 285 g/mol. The molecule has 7 heteroatoms. The first-order valence-electron chi connectivity index (χ1n) is 6.39. The van der Waals surface area contributed by atoms with Crippen molar-refractivity contribution in [2.75, 3.05) is 5.32 Å². The largest absolute Gasteiger partial charge is 0.296 e. The highest BCUT2D eigenvalue weighted by Gasteiger charge is 2.19. The van der Waals surface area contributed by atoms with E-state index in [0.717, 1.165) is 18.5 Å². The third-order valence-corrected chi connectivity index (χ3v) is 4.36. The molecule has 1 N–H and O–H groups in total. The molecular formula is C13H11N5OS.